The van der Waals surface area contributed by atoms with Gasteiger partial charge in [-0.05, 0) is 23.8 Å². The first-order valence-electron chi connectivity index (χ1n) is 11.8. The Hall–Kier alpha value is -5.29. The van der Waals surface area contributed by atoms with Gasteiger partial charge < -0.3 is 0 Å². The van der Waals surface area contributed by atoms with E-state index < -0.39 is 16.0 Å². The summed E-state index contributed by atoms with van der Waals surface area (Å²) in [5.41, 5.74) is 2.40. The van der Waals surface area contributed by atoms with Gasteiger partial charge >= 0.3 is 0 Å². The van der Waals surface area contributed by atoms with E-state index in [1.165, 1.54) is 12.1 Å². The average Bonchev–Trinajstić information content (AvgIpc) is 3.51. The molecule has 0 N–H and O–H groups in total. The summed E-state index contributed by atoms with van der Waals surface area (Å²) in [5.74, 6) is 0. The summed E-state index contributed by atoms with van der Waals surface area (Å²) in [4.78, 5) is 41.2. The third-order valence-electron chi connectivity index (χ3n) is 6.05. The normalized spacial score (nSPS) is 11.7. The maximum Gasteiger partial charge on any atom is 0.296 e. The Kier molecular flexibility index (Phi) is 6.10. The van der Waals surface area contributed by atoms with Crippen LogP contribution in [0.1, 0.15) is 16.8 Å². The number of nitro benzene ring substituents is 1. The second-order valence-corrected chi connectivity index (χ2v) is 9.67. The lowest BCUT2D eigenvalue weighted by molar-refractivity contribution is -0.384. The Bertz CT molecular complexity index is 2020. The fraction of sp³-hybridized carbons (Fsp3) is 0.0357. The van der Waals surface area contributed by atoms with Crippen molar-refractivity contribution >= 4 is 28.1 Å². The van der Waals surface area contributed by atoms with Crippen LogP contribution in [0.25, 0.3) is 28.0 Å². The Morgan fingerprint density at radius 1 is 0.923 bits per heavy atom. The monoisotopic (exact) mass is 534 g/mol. The number of nitrogens with zero attached hydrogens (tertiary/aromatic N) is 6. The number of fused-ring (bicyclic) bond motifs is 1. The van der Waals surface area contributed by atoms with Crippen molar-refractivity contribution in [1.82, 2.24) is 24.4 Å². The molecule has 190 valence electrons. The number of para-hydroxylation sites is 1. The smallest absolute Gasteiger partial charge is 0.266 e. The van der Waals surface area contributed by atoms with Gasteiger partial charge in [0.05, 0.1) is 15.1 Å². The highest BCUT2D eigenvalue weighted by Crippen LogP contribution is 2.27. The molecule has 10 nitrogen and oxygen atoms in total. The Morgan fingerprint density at radius 3 is 2.41 bits per heavy atom. The predicted octanol–water partition coefficient (Wildman–Crippen LogP) is 3.41. The topological polar surface area (TPSA) is 125 Å². The van der Waals surface area contributed by atoms with Crippen molar-refractivity contribution in [3.8, 4) is 16.9 Å². The lowest BCUT2D eigenvalue weighted by Crippen LogP contribution is -2.28. The van der Waals surface area contributed by atoms with Crippen molar-refractivity contribution < 1.29 is 4.92 Å². The molecule has 0 bridgehead atoms. The summed E-state index contributed by atoms with van der Waals surface area (Å²) in [6, 6.07) is 24.9. The lowest BCUT2D eigenvalue weighted by Gasteiger charge is -2.00. The van der Waals surface area contributed by atoms with Gasteiger partial charge in [0.25, 0.3) is 16.8 Å². The summed E-state index contributed by atoms with van der Waals surface area (Å²) in [7, 11) is 0. The quantitative estimate of drug-likeness (QED) is 0.237. The fourth-order valence-electron chi connectivity index (χ4n) is 4.18. The van der Waals surface area contributed by atoms with Gasteiger partial charge in [-0.15, -0.1) is 0 Å². The first kappa shape index (κ1) is 24.1. The summed E-state index contributed by atoms with van der Waals surface area (Å²) < 4.78 is 3.09. The molecule has 3 aromatic heterocycles. The molecule has 39 heavy (non-hydrogen) atoms. The van der Waals surface area contributed by atoms with Crippen LogP contribution in [0.15, 0.2) is 101 Å². The molecule has 11 heteroatoms. The molecule has 3 aromatic carbocycles. The highest BCUT2D eigenvalue weighted by Gasteiger charge is 2.16. The molecular weight excluding hydrogens is 516 g/mol. The number of thiazole rings is 1. The van der Waals surface area contributed by atoms with E-state index in [1.807, 2.05) is 60.7 Å². The zero-order valence-electron chi connectivity index (χ0n) is 20.2. The predicted molar refractivity (Wildman–Crippen MR) is 147 cm³/mol. The Labute approximate surface area is 223 Å². The molecule has 0 aliphatic carbocycles. The fourth-order valence-corrected chi connectivity index (χ4v) is 5.07. The van der Waals surface area contributed by atoms with Gasteiger partial charge in [0, 0.05) is 35.9 Å². The Balaban J connectivity index is 1.51. The molecule has 0 atom stereocenters. The highest BCUT2D eigenvalue weighted by atomic mass is 32.1. The molecule has 0 saturated heterocycles. The minimum atomic E-state index is -0.485. The van der Waals surface area contributed by atoms with Gasteiger partial charge in [-0.25, -0.2) is 4.68 Å². The number of non-ortho nitro benzene ring substituents is 1. The van der Waals surface area contributed by atoms with Crippen LogP contribution in [0.4, 0.5) is 5.69 Å². The van der Waals surface area contributed by atoms with Gasteiger partial charge in [-0.2, -0.15) is 19.7 Å². The third kappa shape index (κ3) is 4.74. The first-order chi connectivity index (χ1) is 19.0. The van der Waals surface area contributed by atoms with E-state index in [9.17, 15) is 19.7 Å². The van der Waals surface area contributed by atoms with Crippen LogP contribution in [0, 0.1) is 10.1 Å². The number of hydrogen-bond acceptors (Lipinski definition) is 8. The standard InChI is InChI=1S/C28H18N6O4S/c35-26-23(14-18-8-3-1-4-9-18)30-33-27(36)24(39-28(33)29-26)16-20-17-32(21-11-5-2-6-12-21)31-25(20)19-10-7-13-22(15-19)34(37)38/h1-13,15-17H,14H2/b24-16-. The molecule has 0 saturated carbocycles. The van der Waals surface area contributed by atoms with E-state index in [0.29, 0.717) is 21.4 Å². The molecule has 0 unspecified atom stereocenters. The van der Waals surface area contributed by atoms with Crippen molar-refractivity contribution in [3.05, 3.63) is 143 Å². The molecule has 6 aromatic rings. The molecule has 3 heterocycles. The lowest BCUT2D eigenvalue weighted by atomic mass is 10.1. The summed E-state index contributed by atoms with van der Waals surface area (Å²) >= 11 is 1.04. The van der Waals surface area contributed by atoms with Gasteiger partial charge in [0.1, 0.15) is 11.4 Å². The van der Waals surface area contributed by atoms with Crippen LogP contribution < -0.4 is 15.7 Å². The largest absolute Gasteiger partial charge is 0.296 e. The van der Waals surface area contributed by atoms with Crippen LogP contribution in [-0.4, -0.2) is 29.3 Å². The van der Waals surface area contributed by atoms with E-state index in [4.69, 9.17) is 0 Å². The summed E-state index contributed by atoms with van der Waals surface area (Å²) in [6.07, 6.45) is 3.65. The van der Waals surface area contributed by atoms with Crippen LogP contribution in [0.3, 0.4) is 0 Å². The van der Waals surface area contributed by atoms with Gasteiger partial charge in [-0.1, -0.05) is 72.0 Å². The van der Waals surface area contributed by atoms with Crippen molar-refractivity contribution in [2.75, 3.05) is 0 Å². The van der Waals surface area contributed by atoms with Gasteiger partial charge in [0.15, 0.2) is 0 Å². The van der Waals surface area contributed by atoms with Crippen LogP contribution in [0.2, 0.25) is 0 Å². The van der Waals surface area contributed by atoms with E-state index in [2.05, 4.69) is 15.2 Å². The third-order valence-corrected chi connectivity index (χ3v) is 7.00. The van der Waals surface area contributed by atoms with Crippen LogP contribution >= 0.6 is 11.3 Å². The SMILES string of the molecule is O=c1nc2s/c(=C\c3cn(-c4ccccc4)nc3-c3cccc([N+](=O)[O-])c3)c(=O)n2nc1Cc1ccccc1. The molecule has 0 amide bonds. The molecule has 0 aliphatic rings. The Morgan fingerprint density at radius 2 is 1.67 bits per heavy atom. The minimum Gasteiger partial charge on any atom is -0.266 e. The second kappa shape index (κ2) is 9.88. The minimum absolute atomic E-state index is 0.0723. The molecule has 0 fully saturated rings. The summed E-state index contributed by atoms with van der Waals surface area (Å²) in [5, 5.41) is 20.4. The van der Waals surface area contributed by atoms with Gasteiger partial charge in [-0.3, -0.25) is 19.7 Å². The van der Waals surface area contributed by atoms with Crippen LogP contribution in [-0.2, 0) is 6.42 Å². The molecule has 0 radical (unpaired) electrons. The van der Waals surface area contributed by atoms with E-state index in [-0.39, 0.29) is 22.8 Å². The van der Waals surface area contributed by atoms with Crippen molar-refractivity contribution in [1.29, 1.82) is 0 Å². The zero-order valence-corrected chi connectivity index (χ0v) is 21.0. The van der Waals surface area contributed by atoms with Crippen molar-refractivity contribution in [3.63, 3.8) is 0 Å². The molecular formula is C28H18N6O4S. The summed E-state index contributed by atoms with van der Waals surface area (Å²) in [6.45, 7) is 0. The number of rotatable bonds is 6. The maximum atomic E-state index is 13.3. The van der Waals surface area contributed by atoms with E-state index in [0.717, 1.165) is 27.1 Å². The maximum absolute atomic E-state index is 13.3. The van der Waals surface area contributed by atoms with E-state index >= 15 is 0 Å². The van der Waals surface area contributed by atoms with Gasteiger partial charge in [0.2, 0.25) is 4.96 Å². The van der Waals surface area contributed by atoms with Crippen LogP contribution in [0.5, 0.6) is 0 Å². The molecule has 0 spiro atoms. The number of hydrogen-bond donors (Lipinski definition) is 0. The van der Waals surface area contributed by atoms with E-state index in [1.54, 1.807) is 29.1 Å². The second-order valence-electron chi connectivity index (χ2n) is 8.66. The molecule has 6 rings (SSSR count). The number of nitro groups is 1. The first-order valence-corrected chi connectivity index (χ1v) is 12.7. The zero-order chi connectivity index (χ0) is 26.9. The van der Waals surface area contributed by atoms with Crippen molar-refractivity contribution in [2.24, 2.45) is 0 Å². The number of benzene rings is 3. The average molecular weight is 535 g/mol. The number of aromatic nitrogens is 5. The highest BCUT2D eigenvalue weighted by molar-refractivity contribution is 7.15. The molecule has 0 aliphatic heterocycles. The van der Waals surface area contributed by atoms with Crippen molar-refractivity contribution in [2.45, 2.75) is 6.42 Å².